The van der Waals surface area contributed by atoms with Gasteiger partial charge in [-0.05, 0) is 59.5 Å². The van der Waals surface area contributed by atoms with Crippen LogP contribution in [0.1, 0.15) is 30.4 Å². The van der Waals surface area contributed by atoms with Crippen LogP contribution < -0.4 is 0 Å². The lowest BCUT2D eigenvalue weighted by molar-refractivity contribution is -0.177. The lowest BCUT2D eigenvalue weighted by Crippen LogP contribution is -2.37. The number of hydrogen-bond donors (Lipinski definition) is 1. The van der Waals surface area contributed by atoms with Crippen LogP contribution in [0, 0.1) is 11.7 Å². The molecule has 1 aromatic heterocycles. The van der Waals surface area contributed by atoms with Gasteiger partial charge >= 0.3 is 5.97 Å². The molecular weight excluding hydrogens is 463 g/mol. The smallest absolute Gasteiger partial charge is 0.373 e. The van der Waals surface area contributed by atoms with E-state index in [0.717, 1.165) is 5.56 Å². The molecule has 0 saturated heterocycles. The fourth-order valence-electron chi connectivity index (χ4n) is 3.68. The van der Waals surface area contributed by atoms with Crippen molar-refractivity contribution in [1.29, 1.82) is 0 Å². The maximum Gasteiger partial charge on any atom is 0.373 e. The molecule has 0 unspecified atom stereocenters. The van der Waals surface area contributed by atoms with Gasteiger partial charge in [0.05, 0.1) is 26.4 Å². The van der Waals surface area contributed by atoms with Gasteiger partial charge in [-0.1, -0.05) is 12.1 Å². The van der Waals surface area contributed by atoms with Gasteiger partial charge in [0.2, 0.25) is 12.0 Å². The molecule has 0 spiro atoms. The zero-order valence-electron chi connectivity index (χ0n) is 19.2. The van der Waals surface area contributed by atoms with Crippen LogP contribution in [-0.2, 0) is 35.1 Å². The van der Waals surface area contributed by atoms with E-state index in [9.17, 15) is 9.18 Å². The van der Waals surface area contributed by atoms with E-state index in [1.165, 1.54) is 12.1 Å². The Morgan fingerprint density at radius 2 is 1.88 bits per heavy atom. The summed E-state index contributed by atoms with van der Waals surface area (Å²) in [6.07, 6.45) is 1.81. The number of allylic oxidation sites excluding steroid dienone is 1. The molecule has 2 aromatic rings. The summed E-state index contributed by atoms with van der Waals surface area (Å²) in [7, 11) is 0. The molecule has 9 heteroatoms. The highest BCUT2D eigenvalue weighted by atomic mass is 32.1. The van der Waals surface area contributed by atoms with E-state index in [2.05, 4.69) is 0 Å². The molecule has 3 rings (SSSR count). The van der Waals surface area contributed by atoms with Crippen molar-refractivity contribution in [3.05, 3.63) is 69.9 Å². The summed E-state index contributed by atoms with van der Waals surface area (Å²) in [4.78, 5) is 12.8. The predicted molar refractivity (Wildman–Crippen MR) is 125 cm³/mol. The average Bonchev–Trinajstić information content (AvgIpc) is 3.38. The third-order valence-electron chi connectivity index (χ3n) is 5.33. The van der Waals surface area contributed by atoms with Crippen molar-refractivity contribution in [3.8, 4) is 0 Å². The minimum Gasteiger partial charge on any atom is -0.457 e. The maximum absolute atomic E-state index is 13.1. The van der Waals surface area contributed by atoms with Crippen LogP contribution in [-0.4, -0.2) is 57.0 Å². The summed E-state index contributed by atoms with van der Waals surface area (Å²) < 4.78 is 41.3. The normalized spacial score (nSPS) is 20.0. The standard InChI is InChI=1S/C25H31FO7S/c1-2-31-25-21(7-10-29-12-13-30-11-9-27)22(19-8-14-34-17-19)15-23(33-25)24(28)32-16-18-3-5-20(26)6-4-18/h3-6,8,14-15,17,21-22,25,27H,2,7,9-13,16H2,1H3/t21-,22+,25+/m1/s1. The van der Waals surface area contributed by atoms with Crippen molar-refractivity contribution in [2.45, 2.75) is 32.2 Å². The number of hydrogen-bond acceptors (Lipinski definition) is 8. The first-order chi connectivity index (χ1) is 16.6. The van der Waals surface area contributed by atoms with Crippen LogP contribution in [0.25, 0.3) is 0 Å². The van der Waals surface area contributed by atoms with Crippen LogP contribution in [0.4, 0.5) is 4.39 Å². The molecule has 7 nitrogen and oxygen atoms in total. The van der Waals surface area contributed by atoms with Gasteiger partial charge in [-0.15, -0.1) is 0 Å². The van der Waals surface area contributed by atoms with Crippen molar-refractivity contribution in [3.63, 3.8) is 0 Å². The molecule has 0 bridgehead atoms. The lowest BCUT2D eigenvalue weighted by atomic mass is 9.82. The van der Waals surface area contributed by atoms with E-state index in [1.807, 2.05) is 23.8 Å². The Morgan fingerprint density at radius 3 is 2.56 bits per heavy atom. The van der Waals surface area contributed by atoms with Crippen molar-refractivity contribution in [2.24, 2.45) is 5.92 Å². The maximum atomic E-state index is 13.1. The SMILES string of the molecule is CCO[C@H]1OC(C(=O)OCc2ccc(F)cc2)=C[C@@H](c2ccsc2)[C@H]1CCOCCOCCO. The molecule has 34 heavy (non-hydrogen) atoms. The Morgan fingerprint density at radius 1 is 1.12 bits per heavy atom. The highest BCUT2D eigenvalue weighted by Crippen LogP contribution is 2.39. The largest absolute Gasteiger partial charge is 0.457 e. The number of esters is 1. The first-order valence-corrected chi connectivity index (χ1v) is 12.3. The van der Waals surface area contributed by atoms with E-state index in [1.54, 1.807) is 29.5 Å². The first kappa shape index (κ1) is 26.3. The predicted octanol–water partition coefficient (Wildman–Crippen LogP) is 4.02. The molecule has 0 aliphatic carbocycles. The molecule has 3 atom stereocenters. The number of halogens is 1. The van der Waals surface area contributed by atoms with Gasteiger partial charge in [-0.2, -0.15) is 11.3 Å². The minimum atomic E-state index is -0.637. The van der Waals surface area contributed by atoms with Gasteiger partial charge in [-0.25, -0.2) is 9.18 Å². The molecule has 1 N–H and O–H groups in total. The summed E-state index contributed by atoms with van der Waals surface area (Å²) >= 11 is 1.58. The zero-order valence-corrected chi connectivity index (χ0v) is 20.0. The van der Waals surface area contributed by atoms with E-state index >= 15 is 0 Å². The average molecular weight is 495 g/mol. The van der Waals surface area contributed by atoms with Gasteiger partial charge in [-0.3, -0.25) is 0 Å². The van der Waals surface area contributed by atoms with Crippen LogP contribution in [0.2, 0.25) is 0 Å². The van der Waals surface area contributed by atoms with Gasteiger partial charge in [0.1, 0.15) is 12.4 Å². The molecule has 0 saturated carbocycles. The van der Waals surface area contributed by atoms with Crippen molar-refractivity contribution < 1.29 is 38.0 Å². The van der Waals surface area contributed by atoms with Gasteiger partial charge < -0.3 is 28.8 Å². The van der Waals surface area contributed by atoms with Crippen molar-refractivity contribution in [2.75, 3.05) is 39.6 Å². The summed E-state index contributed by atoms with van der Waals surface area (Å²) in [6.45, 7) is 3.89. The van der Waals surface area contributed by atoms with Gasteiger partial charge in [0, 0.05) is 25.0 Å². The summed E-state index contributed by atoms with van der Waals surface area (Å²) in [6, 6.07) is 7.81. The van der Waals surface area contributed by atoms with Crippen molar-refractivity contribution >= 4 is 17.3 Å². The molecule has 2 heterocycles. The number of rotatable bonds is 14. The Labute approximate surface area is 203 Å². The topological polar surface area (TPSA) is 83.5 Å². The fourth-order valence-corrected chi connectivity index (χ4v) is 4.38. The summed E-state index contributed by atoms with van der Waals surface area (Å²) in [5, 5.41) is 12.8. The highest BCUT2D eigenvalue weighted by molar-refractivity contribution is 7.08. The number of carbonyl (C=O) groups is 1. The second-order valence-corrected chi connectivity index (χ2v) is 8.44. The number of thiophene rings is 1. The van der Waals surface area contributed by atoms with Crippen LogP contribution in [0.15, 0.2) is 52.9 Å². The lowest BCUT2D eigenvalue weighted by Gasteiger charge is -2.36. The molecule has 186 valence electrons. The van der Waals surface area contributed by atoms with E-state index in [0.29, 0.717) is 38.4 Å². The summed E-state index contributed by atoms with van der Waals surface area (Å²) in [5.74, 6) is -1.02. The second kappa shape index (κ2) is 14.2. The molecule has 0 fully saturated rings. The number of carbonyl (C=O) groups excluding carboxylic acids is 1. The molecule has 1 aromatic carbocycles. The highest BCUT2D eigenvalue weighted by Gasteiger charge is 2.38. The van der Waals surface area contributed by atoms with Crippen LogP contribution in [0.5, 0.6) is 0 Å². The third kappa shape index (κ3) is 7.89. The Kier molecular flexibility index (Phi) is 11.0. The molecule has 1 aliphatic rings. The number of aliphatic hydroxyl groups is 1. The van der Waals surface area contributed by atoms with Gasteiger partial charge in [0.25, 0.3) is 0 Å². The number of benzene rings is 1. The van der Waals surface area contributed by atoms with E-state index < -0.39 is 12.3 Å². The summed E-state index contributed by atoms with van der Waals surface area (Å²) in [5.41, 5.74) is 1.75. The van der Waals surface area contributed by atoms with Crippen molar-refractivity contribution in [1.82, 2.24) is 0 Å². The Hall–Kier alpha value is -2.30. The molecule has 0 radical (unpaired) electrons. The second-order valence-electron chi connectivity index (χ2n) is 7.66. The Bertz CT molecular complexity index is 885. The van der Waals surface area contributed by atoms with Crippen LogP contribution >= 0.6 is 11.3 Å². The zero-order chi connectivity index (χ0) is 24.2. The molecular formula is C25H31FO7S. The number of ether oxygens (including phenoxy) is 5. The third-order valence-corrected chi connectivity index (χ3v) is 6.03. The monoisotopic (exact) mass is 494 g/mol. The fraction of sp³-hybridized carbons (Fsp3) is 0.480. The van der Waals surface area contributed by atoms with E-state index in [-0.39, 0.29) is 43.2 Å². The minimum absolute atomic E-state index is 0.0118. The Balaban J connectivity index is 1.67. The van der Waals surface area contributed by atoms with E-state index in [4.69, 9.17) is 28.8 Å². The molecule has 0 amide bonds. The first-order valence-electron chi connectivity index (χ1n) is 11.3. The number of aliphatic hydroxyl groups excluding tert-OH is 1. The quantitative estimate of drug-likeness (QED) is 0.314. The van der Waals surface area contributed by atoms with Gasteiger partial charge in [0.15, 0.2) is 0 Å². The van der Waals surface area contributed by atoms with Crippen LogP contribution in [0.3, 0.4) is 0 Å². The molecule has 1 aliphatic heterocycles.